The molecule has 0 bridgehead atoms. The zero-order valence-corrected chi connectivity index (χ0v) is 12.9. The molecule has 2 aliphatic rings. The Morgan fingerprint density at radius 2 is 2.19 bits per heavy atom. The van der Waals surface area contributed by atoms with Gasteiger partial charge in [-0.3, -0.25) is 0 Å². The zero-order chi connectivity index (χ0) is 15.0. The van der Waals surface area contributed by atoms with Gasteiger partial charge in [0, 0.05) is 12.0 Å². The van der Waals surface area contributed by atoms with Crippen molar-refractivity contribution in [2.24, 2.45) is 11.8 Å². The molecule has 0 amide bonds. The minimum absolute atomic E-state index is 0.248. The maximum atomic E-state index is 13.3. The van der Waals surface area contributed by atoms with Crippen molar-refractivity contribution in [2.75, 3.05) is 0 Å². The molecule has 3 heteroatoms. The van der Waals surface area contributed by atoms with Crippen molar-refractivity contribution < 1.29 is 14.2 Å². The molecule has 1 saturated carbocycles. The van der Waals surface area contributed by atoms with E-state index in [1.54, 1.807) is 6.07 Å². The van der Waals surface area contributed by atoms with Gasteiger partial charge in [-0.2, -0.15) is 0 Å². The van der Waals surface area contributed by atoms with Gasteiger partial charge in [-0.1, -0.05) is 20.3 Å². The third-order valence-corrected chi connectivity index (χ3v) is 4.93. The molecule has 2 nitrogen and oxygen atoms in total. The predicted molar refractivity (Wildman–Crippen MR) is 80.7 cm³/mol. The van der Waals surface area contributed by atoms with Gasteiger partial charge in [-0.05, 0) is 55.7 Å². The molecule has 1 aromatic rings. The molecular formula is C18H25FO2. The van der Waals surface area contributed by atoms with Crippen molar-refractivity contribution in [1.29, 1.82) is 0 Å². The molecule has 1 aliphatic carbocycles. The van der Waals surface area contributed by atoms with Crippen LogP contribution in [0.3, 0.4) is 0 Å². The summed E-state index contributed by atoms with van der Waals surface area (Å²) < 4.78 is 19.6. The average Bonchev–Trinajstić information content (AvgIpc) is 2.39. The molecule has 0 aromatic heterocycles. The first kappa shape index (κ1) is 14.8. The summed E-state index contributed by atoms with van der Waals surface area (Å²) in [6.45, 7) is 4.52. The summed E-state index contributed by atoms with van der Waals surface area (Å²) in [5.41, 5.74) is 0.355. The first-order valence-electron chi connectivity index (χ1n) is 8.14. The van der Waals surface area contributed by atoms with Crippen LogP contribution >= 0.6 is 0 Å². The van der Waals surface area contributed by atoms with Crippen LogP contribution in [0.1, 0.15) is 64.0 Å². The fraction of sp³-hybridized carbons (Fsp3) is 0.667. The Bertz CT molecular complexity index is 514. The van der Waals surface area contributed by atoms with E-state index in [9.17, 15) is 9.50 Å². The monoisotopic (exact) mass is 292 g/mol. The molecule has 1 aromatic carbocycles. The van der Waals surface area contributed by atoms with Crippen molar-refractivity contribution in [3.8, 4) is 5.75 Å². The molecule has 1 N–H and O–H groups in total. The number of hydrogen-bond acceptors (Lipinski definition) is 2. The number of benzene rings is 1. The standard InChI is InChI=1S/C18H25FO2/c1-12(2)8-13-4-3-7-18(10-13)11-16(20)15-9-14(19)5-6-17(15)21-18/h5-6,9,12-13,16,20H,3-4,7-8,10-11H2,1-2H3/t13?,16-,18?/m0/s1. The molecule has 1 aliphatic heterocycles. The van der Waals surface area contributed by atoms with Crippen LogP contribution < -0.4 is 4.74 Å². The minimum atomic E-state index is -0.609. The average molecular weight is 292 g/mol. The van der Waals surface area contributed by atoms with E-state index in [1.807, 2.05) is 0 Å². The molecule has 0 saturated heterocycles. The Morgan fingerprint density at radius 3 is 2.95 bits per heavy atom. The quantitative estimate of drug-likeness (QED) is 0.862. The van der Waals surface area contributed by atoms with Gasteiger partial charge in [-0.25, -0.2) is 4.39 Å². The van der Waals surface area contributed by atoms with Gasteiger partial charge in [0.1, 0.15) is 17.2 Å². The maximum Gasteiger partial charge on any atom is 0.126 e. The fourth-order valence-corrected chi connectivity index (χ4v) is 4.20. The summed E-state index contributed by atoms with van der Waals surface area (Å²) in [5, 5.41) is 10.4. The van der Waals surface area contributed by atoms with Crippen molar-refractivity contribution in [3.05, 3.63) is 29.6 Å². The van der Waals surface area contributed by atoms with Crippen LogP contribution in [0.15, 0.2) is 18.2 Å². The lowest BCUT2D eigenvalue weighted by atomic mass is 9.71. The van der Waals surface area contributed by atoms with Crippen molar-refractivity contribution >= 4 is 0 Å². The van der Waals surface area contributed by atoms with Gasteiger partial charge in [-0.15, -0.1) is 0 Å². The highest BCUT2D eigenvalue weighted by Crippen LogP contribution is 2.48. The lowest BCUT2D eigenvalue weighted by Gasteiger charge is -2.46. The fourth-order valence-electron chi connectivity index (χ4n) is 4.20. The van der Waals surface area contributed by atoms with Crippen LogP contribution in [0.2, 0.25) is 0 Å². The molecule has 116 valence electrons. The minimum Gasteiger partial charge on any atom is -0.487 e. The Hall–Kier alpha value is -1.09. The first-order chi connectivity index (χ1) is 9.97. The number of rotatable bonds is 2. The van der Waals surface area contributed by atoms with E-state index in [2.05, 4.69) is 13.8 Å². The predicted octanol–water partition coefficient (Wildman–Crippen LogP) is 4.62. The molecule has 2 unspecified atom stereocenters. The smallest absolute Gasteiger partial charge is 0.126 e. The summed E-state index contributed by atoms with van der Waals surface area (Å²) in [7, 11) is 0. The highest BCUT2D eigenvalue weighted by molar-refractivity contribution is 5.38. The molecule has 1 heterocycles. The number of fused-ring (bicyclic) bond motifs is 1. The summed E-state index contributed by atoms with van der Waals surface area (Å²) in [4.78, 5) is 0. The van der Waals surface area contributed by atoms with Crippen LogP contribution in [0.5, 0.6) is 5.75 Å². The second-order valence-corrected chi connectivity index (χ2v) is 7.28. The van der Waals surface area contributed by atoms with Crippen LogP contribution in [-0.2, 0) is 0 Å². The highest BCUT2D eigenvalue weighted by atomic mass is 19.1. The van der Waals surface area contributed by atoms with Crippen LogP contribution in [-0.4, -0.2) is 10.7 Å². The number of aliphatic hydroxyl groups excluding tert-OH is 1. The summed E-state index contributed by atoms with van der Waals surface area (Å²) in [6, 6.07) is 4.49. The number of ether oxygens (including phenoxy) is 1. The summed E-state index contributed by atoms with van der Waals surface area (Å²) in [5.74, 6) is 1.72. The third-order valence-electron chi connectivity index (χ3n) is 4.93. The topological polar surface area (TPSA) is 29.5 Å². The SMILES string of the molecule is CC(C)CC1CCCC2(C1)C[C@H](O)c1cc(F)ccc1O2. The molecule has 21 heavy (non-hydrogen) atoms. The number of hydrogen-bond donors (Lipinski definition) is 1. The van der Waals surface area contributed by atoms with E-state index in [4.69, 9.17) is 4.74 Å². The maximum absolute atomic E-state index is 13.3. The molecule has 0 radical (unpaired) electrons. The summed E-state index contributed by atoms with van der Waals surface area (Å²) >= 11 is 0. The Kier molecular flexibility index (Phi) is 3.96. The van der Waals surface area contributed by atoms with E-state index in [0.717, 1.165) is 19.3 Å². The lowest BCUT2D eigenvalue weighted by molar-refractivity contribution is -0.0540. The Balaban J connectivity index is 1.82. The Labute approximate surface area is 126 Å². The second kappa shape index (κ2) is 5.60. The zero-order valence-electron chi connectivity index (χ0n) is 12.9. The molecule has 3 rings (SSSR count). The van der Waals surface area contributed by atoms with E-state index >= 15 is 0 Å². The molecule has 1 spiro atoms. The molecule has 1 fully saturated rings. The van der Waals surface area contributed by atoms with Crippen LogP contribution in [0.4, 0.5) is 4.39 Å². The normalized spacial score (nSPS) is 32.0. The van der Waals surface area contributed by atoms with Gasteiger partial charge in [0.2, 0.25) is 0 Å². The van der Waals surface area contributed by atoms with Gasteiger partial charge in [0.05, 0.1) is 6.10 Å². The van der Waals surface area contributed by atoms with Gasteiger partial charge in [0.15, 0.2) is 0 Å². The van der Waals surface area contributed by atoms with E-state index in [0.29, 0.717) is 29.6 Å². The Morgan fingerprint density at radius 1 is 1.38 bits per heavy atom. The van der Waals surface area contributed by atoms with Crippen LogP contribution in [0.25, 0.3) is 0 Å². The highest BCUT2D eigenvalue weighted by Gasteiger charge is 2.44. The largest absolute Gasteiger partial charge is 0.487 e. The van der Waals surface area contributed by atoms with Crippen molar-refractivity contribution in [2.45, 2.75) is 64.1 Å². The van der Waals surface area contributed by atoms with Crippen molar-refractivity contribution in [3.63, 3.8) is 0 Å². The lowest BCUT2D eigenvalue weighted by Crippen LogP contribution is -2.45. The van der Waals surface area contributed by atoms with Gasteiger partial charge < -0.3 is 9.84 Å². The second-order valence-electron chi connectivity index (χ2n) is 7.28. The number of halogens is 1. The third kappa shape index (κ3) is 3.08. The summed E-state index contributed by atoms with van der Waals surface area (Å²) in [6.07, 6.45) is 5.63. The first-order valence-corrected chi connectivity index (χ1v) is 8.14. The molecule has 3 atom stereocenters. The van der Waals surface area contributed by atoms with Gasteiger partial charge in [0.25, 0.3) is 0 Å². The van der Waals surface area contributed by atoms with E-state index in [1.165, 1.54) is 25.0 Å². The molecular weight excluding hydrogens is 267 g/mol. The van der Waals surface area contributed by atoms with Crippen molar-refractivity contribution in [1.82, 2.24) is 0 Å². The van der Waals surface area contributed by atoms with Gasteiger partial charge >= 0.3 is 0 Å². The number of aliphatic hydroxyl groups is 1. The van der Waals surface area contributed by atoms with Crippen LogP contribution in [0, 0.1) is 17.7 Å². The van der Waals surface area contributed by atoms with E-state index in [-0.39, 0.29) is 11.4 Å². The van der Waals surface area contributed by atoms with E-state index < -0.39 is 6.10 Å².